The third-order valence-corrected chi connectivity index (χ3v) is 5.58. The van der Waals surface area contributed by atoms with Crippen molar-refractivity contribution in [2.24, 2.45) is 0 Å². The van der Waals surface area contributed by atoms with Crippen LogP contribution in [0.25, 0.3) is 0 Å². The van der Waals surface area contributed by atoms with Gasteiger partial charge in [0.2, 0.25) is 5.91 Å². The summed E-state index contributed by atoms with van der Waals surface area (Å²) in [5, 5.41) is 3.40. The van der Waals surface area contributed by atoms with E-state index in [2.05, 4.69) is 42.9 Å². The molecule has 0 atom stereocenters. The van der Waals surface area contributed by atoms with Crippen LogP contribution in [0.3, 0.4) is 0 Å². The molecule has 0 bridgehead atoms. The Kier molecular flexibility index (Phi) is 6.60. The quantitative estimate of drug-likeness (QED) is 0.822. The lowest BCUT2D eigenvalue weighted by Crippen LogP contribution is -2.35. The van der Waals surface area contributed by atoms with Gasteiger partial charge in [-0.2, -0.15) is 0 Å². The fourth-order valence-electron chi connectivity index (χ4n) is 2.82. The lowest BCUT2D eigenvalue weighted by Gasteiger charge is -2.21. The molecule has 1 aromatic rings. The molecule has 0 saturated carbocycles. The number of unbranched alkanes of at least 4 members (excludes halogenated alkanes) is 1. The van der Waals surface area contributed by atoms with Crippen molar-refractivity contribution in [3.63, 3.8) is 0 Å². The molecule has 1 saturated heterocycles. The summed E-state index contributed by atoms with van der Waals surface area (Å²) < 4.78 is 0. The minimum atomic E-state index is 0.129. The second kappa shape index (κ2) is 8.25. The molecule has 0 radical (unpaired) electrons. The van der Waals surface area contributed by atoms with E-state index >= 15 is 0 Å². The summed E-state index contributed by atoms with van der Waals surface area (Å²) >= 11 is 1.76. The number of aromatic nitrogens is 1. The SMILES string of the molecule is CCCCC(=O)N1CCCN(Cc2csc(C(C)(C)C)n2)CC1. The fourth-order valence-corrected chi connectivity index (χ4v) is 3.72. The van der Waals surface area contributed by atoms with Crippen LogP contribution in [0.4, 0.5) is 0 Å². The molecule has 1 aliphatic heterocycles. The molecule has 4 nitrogen and oxygen atoms in total. The molecule has 1 amide bonds. The van der Waals surface area contributed by atoms with Crippen LogP contribution in [0.5, 0.6) is 0 Å². The lowest BCUT2D eigenvalue weighted by molar-refractivity contribution is -0.131. The Morgan fingerprint density at radius 2 is 2.04 bits per heavy atom. The van der Waals surface area contributed by atoms with Crippen molar-refractivity contribution in [2.75, 3.05) is 26.2 Å². The van der Waals surface area contributed by atoms with Crippen LogP contribution in [-0.4, -0.2) is 46.9 Å². The zero-order valence-electron chi connectivity index (χ0n) is 15.1. The van der Waals surface area contributed by atoms with Crippen LogP contribution in [0.1, 0.15) is 64.1 Å². The Morgan fingerprint density at radius 3 is 2.70 bits per heavy atom. The maximum absolute atomic E-state index is 12.2. The molecule has 2 heterocycles. The zero-order chi connectivity index (χ0) is 16.9. The normalized spacial score (nSPS) is 17.3. The fraction of sp³-hybridized carbons (Fsp3) is 0.778. The Bertz CT molecular complexity index is 507. The third kappa shape index (κ3) is 5.57. The molecule has 1 fully saturated rings. The number of rotatable bonds is 5. The summed E-state index contributed by atoms with van der Waals surface area (Å²) in [6.07, 6.45) is 3.87. The monoisotopic (exact) mass is 337 g/mol. The smallest absolute Gasteiger partial charge is 0.222 e. The van der Waals surface area contributed by atoms with Gasteiger partial charge in [-0.1, -0.05) is 34.1 Å². The molecule has 130 valence electrons. The maximum Gasteiger partial charge on any atom is 0.222 e. The van der Waals surface area contributed by atoms with Crippen molar-refractivity contribution < 1.29 is 4.79 Å². The van der Waals surface area contributed by atoms with Gasteiger partial charge in [-0.05, 0) is 12.8 Å². The number of amides is 1. The highest BCUT2D eigenvalue weighted by Gasteiger charge is 2.21. The number of carbonyl (C=O) groups is 1. The second-order valence-corrected chi connectivity index (χ2v) is 8.37. The first-order valence-electron chi connectivity index (χ1n) is 8.85. The van der Waals surface area contributed by atoms with Gasteiger partial charge in [0.25, 0.3) is 0 Å². The molecule has 0 aliphatic carbocycles. The third-order valence-electron chi connectivity index (χ3n) is 4.26. The highest BCUT2D eigenvalue weighted by molar-refractivity contribution is 7.09. The minimum Gasteiger partial charge on any atom is -0.341 e. The zero-order valence-corrected chi connectivity index (χ0v) is 15.9. The summed E-state index contributed by atoms with van der Waals surface area (Å²) in [7, 11) is 0. The Labute approximate surface area is 144 Å². The molecule has 2 rings (SSSR count). The van der Waals surface area contributed by atoms with Crippen LogP contribution in [0.2, 0.25) is 0 Å². The number of thiazole rings is 1. The van der Waals surface area contributed by atoms with Gasteiger partial charge in [0, 0.05) is 49.9 Å². The molecule has 0 N–H and O–H groups in total. The number of hydrogen-bond acceptors (Lipinski definition) is 4. The summed E-state index contributed by atoms with van der Waals surface area (Å²) in [5.74, 6) is 0.331. The van der Waals surface area contributed by atoms with Gasteiger partial charge in [0.05, 0.1) is 10.7 Å². The van der Waals surface area contributed by atoms with Gasteiger partial charge < -0.3 is 4.90 Å². The molecule has 0 aromatic carbocycles. The van der Waals surface area contributed by atoms with E-state index in [0.717, 1.165) is 52.0 Å². The minimum absolute atomic E-state index is 0.129. The average molecular weight is 338 g/mol. The first kappa shape index (κ1) is 18.4. The van der Waals surface area contributed by atoms with E-state index in [1.807, 2.05) is 0 Å². The van der Waals surface area contributed by atoms with Gasteiger partial charge in [-0.25, -0.2) is 4.98 Å². The highest BCUT2D eigenvalue weighted by Crippen LogP contribution is 2.26. The predicted molar refractivity (Wildman–Crippen MR) is 96.8 cm³/mol. The van der Waals surface area contributed by atoms with Crippen LogP contribution in [-0.2, 0) is 16.8 Å². The van der Waals surface area contributed by atoms with E-state index in [1.165, 1.54) is 10.7 Å². The Hall–Kier alpha value is -0.940. The molecule has 23 heavy (non-hydrogen) atoms. The average Bonchev–Trinajstić information content (AvgIpc) is 2.84. The van der Waals surface area contributed by atoms with Crippen molar-refractivity contribution >= 4 is 17.2 Å². The predicted octanol–water partition coefficient (Wildman–Crippen LogP) is 3.67. The first-order chi connectivity index (χ1) is 10.9. The molecular formula is C18H31N3OS. The van der Waals surface area contributed by atoms with E-state index in [0.29, 0.717) is 12.3 Å². The lowest BCUT2D eigenvalue weighted by atomic mass is 9.98. The van der Waals surface area contributed by atoms with E-state index in [1.54, 1.807) is 11.3 Å². The van der Waals surface area contributed by atoms with Crippen LogP contribution >= 0.6 is 11.3 Å². The Balaban J connectivity index is 1.86. The van der Waals surface area contributed by atoms with Crippen molar-refractivity contribution in [1.29, 1.82) is 0 Å². The van der Waals surface area contributed by atoms with Crippen molar-refractivity contribution in [3.05, 3.63) is 16.1 Å². The topological polar surface area (TPSA) is 36.4 Å². The molecular weight excluding hydrogens is 306 g/mol. The van der Waals surface area contributed by atoms with Crippen LogP contribution < -0.4 is 0 Å². The van der Waals surface area contributed by atoms with Gasteiger partial charge in [-0.3, -0.25) is 9.69 Å². The number of nitrogens with zero attached hydrogens (tertiary/aromatic N) is 3. The van der Waals surface area contributed by atoms with E-state index in [-0.39, 0.29) is 5.41 Å². The van der Waals surface area contributed by atoms with Crippen molar-refractivity contribution in [1.82, 2.24) is 14.8 Å². The van der Waals surface area contributed by atoms with E-state index < -0.39 is 0 Å². The van der Waals surface area contributed by atoms with E-state index in [4.69, 9.17) is 4.98 Å². The molecule has 0 spiro atoms. The molecule has 1 aliphatic rings. The maximum atomic E-state index is 12.2. The summed E-state index contributed by atoms with van der Waals surface area (Å²) in [6.45, 7) is 13.5. The van der Waals surface area contributed by atoms with Crippen LogP contribution in [0, 0.1) is 0 Å². The van der Waals surface area contributed by atoms with Gasteiger partial charge in [0.15, 0.2) is 0 Å². The second-order valence-electron chi connectivity index (χ2n) is 7.51. The summed E-state index contributed by atoms with van der Waals surface area (Å²) in [4.78, 5) is 21.5. The van der Waals surface area contributed by atoms with Crippen molar-refractivity contribution in [3.8, 4) is 0 Å². The van der Waals surface area contributed by atoms with Gasteiger partial charge >= 0.3 is 0 Å². The Morgan fingerprint density at radius 1 is 1.26 bits per heavy atom. The summed E-state index contributed by atoms with van der Waals surface area (Å²) in [6, 6.07) is 0. The highest BCUT2D eigenvalue weighted by atomic mass is 32.1. The molecule has 0 unspecified atom stereocenters. The first-order valence-corrected chi connectivity index (χ1v) is 9.73. The standard InChI is InChI=1S/C18H31N3OS/c1-5-6-8-16(22)21-10-7-9-20(11-12-21)13-15-14-23-17(19-15)18(2,3)4/h14H,5-13H2,1-4H3. The number of hydrogen-bond donors (Lipinski definition) is 0. The molecule has 5 heteroatoms. The molecule has 1 aromatic heterocycles. The van der Waals surface area contributed by atoms with Gasteiger partial charge in [-0.15, -0.1) is 11.3 Å². The van der Waals surface area contributed by atoms with E-state index in [9.17, 15) is 4.79 Å². The number of carbonyl (C=O) groups excluding carboxylic acids is 1. The van der Waals surface area contributed by atoms with Crippen molar-refractivity contribution in [2.45, 2.75) is 65.3 Å². The van der Waals surface area contributed by atoms with Crippen LogP contribution in [0.15, 0.2) is 5.38 Å². The summed E-state index contributed by atoms with van der Waals surface area (Å²) in [5.41, 5.74) is 1.30. The van der Waals surface area contributed by atoms with Gasteiger partial charge in [0.1, 0.15) is 0 Å². The largest absolute Gasteiger partial charge is 0.341 e.